The minimum atomic E-state index is -4.02. The first-order valence-corrected chi connectivity index (χ1v) is 7.34. The van der Waals surface area contributed by atoms with E-state index in [2.05, 4.69) is 4.90 Å². The van der Waals surface area contributed by atoms with Crippen molar-refractivity contribution in [2.24, 2.45) is 11.7 Å². The van der Waals surface area contributed by atoms with E-state index in [1.54, 1.807) is 0 Å². The molecule has 1 aliphatic carbocycles. The van der Waals surface area contributed by atoms with Gasteiger partial charge in [-0.2, -0.15) is 13.2 Å². The summed E-state index contributed by atoms with van der Waals surface area (Å²) < 4.78 is 36.4. The molecule has 5 heteroatoms. The molecule has 0 aromatic heterocycles. The van der Waals surface area contributed by atoms with E-state index in [0.717, 1.165) is 12.8 Å². The molecule has 0 aromatic carbocycles. The third-order valence-corrected chi connectivity index (χ3v) is 4.47. The van der Waals surface area contributed by atoms with Gasteiger partial charge in [0.05, 0.1) is 0 Å². The number of rotatable bonds is 6. The second kappa shape index (κ2) is 7.48. The summed E-state index contributed by atoms with van der Waals surface area (Å²) in [4.78, 5) is 2.26. The molecule has 0 amide bonds. The first kappa shape index (κ1) is 16.8. The van der Waals surface area contributed by atoms with Crippen LogP contribution in [0.15, 0.2) is 0 Å². The van der Waals surface area contributed by atoms with Gasteiger partial charge in [0.1, 0.15) is 0 Å². The maximum atomic E-state index is 12.1. The van der Waals surface area contributed by atoms with Crippen molar-refractivity contribution in [3.05, 3.63) is 0 Å². The smallest absolute Gasteiger partial charge is 0.330 e. The van der Waals surface area contributed by atoms with Crippen molar-refractivity contribution in [3.63, 3.8) is 0 Å². The number of hydrogen-bond donors (Lipinski definition) is 1. The van der Waals surface area contributed by atoms with Gasteiger partial charge in [-0.3, -0.25) is 0 Å². The maximum Gasteiger partial charge on any atom is 0.389 e. The van der Waals surface area contributed by atoms with E-state index in [0.29, 0.717) is 24.9 Å². The Morgan fingerprint density at radius 3 is 2.47 bits per heavy atom. The standard InChI is InChI=1S/C14H27F3N2/c1-11(6-5-9-14(15,16)17)19(2)13-8-4-3-7-12(13)10-18/h11-13H,3-10,18H2,1-2H3. The van der Waals surface area contributed by atoms with Crippen LogP contribution in [-0.2, 0) is 0 Å². The van der Waals surface area contributed by atoms with Crippen LogP contribution in [0.2, 0.25) is 0 Å². The summed E-state index contributed by atoms with van der Waals surface area (Å²) in [5, 5.41) is 0. The van der Waals surface area contributed by atoms with E-state index >= 15 is 0 Å². The minimum Gasteiger partial charge on any atom is -0.330 e. The topological polar surface area (TPSA) is 29.3 Å². The van der Waals surface area contributed by atoms with Crippen LogP contribution >= 0.6 is 0 Å². The third-order valence-electron chi connectivity index (χ3n) is 4.47. The van der Waals surface area contributed by atoms with Crippen LogP contribution < -0.4 is 5.73 Å². The van der Waals surface area contributed by atoms with Gasteiger partial charge in [0.15, 0.2) is 0 Å². The van der Waals surface area contributed by atoms with Gasteiger partial charge in [-0.1, -0.05) is 12.8 Å². The summed E-state index contributed by atoms with van der Waals surface area (Å²) in [7, 11) is 2.04. The van der Waals surface area contributed by atoms with Crippen LogP contribution in [0.4, 0.5) is 13.2 Å². The van der Waals surface area contributed by atoms with Crippen LogP contribution in [0.5, 0.6) is 0 Å². The van der Waals surface area contributed by atoms with Gasteiger partial charge in [0.2, 0.25) is 0 Å². The average molecular weight is 280 g/mol. The molecular formula is C14H27F3N2. The van der Waals surface area contributed by atoms with Gasteiger partial charge in [-0.25, -0.2) is 0 Å². The zero-order valence-electron chi connectivity index (χ0n) is 12.0. The predicted molar refractivity (Wildman–Crippen MR) is 71.9 cm³/mol. The van der Waals surface area contributed by atoms with Crippen molar-refractivity contribution in [2.75, 3.05) is 13.6 Å². The van der Waals surface area contributed by atoms with Gasteiger partial charge in [0.25, 0.3) is 0 Å². The molecule has 0 heterocycles. The molecule has 1 aliphatic rings. The highest BCUT2D eigenvalue weighted by Crippen LogP contribution is 2.29. The SMILES string of the molecule is CC(CCCC(F)(F)F)N(C)C1CCCCC1CN. The van der Waals surface area contributed by atoms with Crippen molar-refractivity contribution in [1.82, 2.24) is 4.90 Å². The molecule has 0 aromatic rings. The van der Waals surface area contributed by atoms with E-state index in [4.69, 9.17) is 5.73 Å². The Labute approximate surface area is 114 Å². The van der Waals surface area contributed by atoms with E-state index in [9.17, 15) is 13.2 Å². The second-order valence-electron chi connectivity index (χ2n) is 5.87. The van der Waals surface area contributed by atoms with Crippen LogP contribution in [-0.4, -0.2) is 36.8 Å². The van der Waals surface area contributed by atoms with Gasteiger partial charge >= 0.3 is 6.18 Å². The highest BCUT2D eigenvalue weighted by molar-refractivity contribution is 4.84. The molecule has 0 saturated heterocycles. The number of alkyl halides is 3. The van der Waals surface area contributed by atoms with Crippen molar-refractivity contribution in [1.29, 1.82) is 0 Å². The fourth-order valence-corrected chi connectivity index (χ4v) is 3.13. The Morgan fingerprint density at radius 1 is 1.26 bits per heavy atom. The molecule has 114 valence electrons. The lowest BCUT2D eigenvalue weighted by Gasteiger charge is -2.40. The minimum absolute atomic E-state index is 0.194. The largest absolute Gasteiger partial charge is 0.389 e. The first-order chi connectivity index (χ1) is 8.85. The number of hydrogen-bond acceptors (Lipinski definition) is 2. The molecule has 1 fully saturated rings. The van der Waals surface area contributed by atoms with Gasteiger partial charge in [-0.05, 0) is 52.1 Å². The monoisotopic (exact) mass is 280 g/mol. The Hall–Kier alpha value is -0.290. The van der Waals surface area contributed by atoms with Crippen LogP contribution in [0, 0.1) is 5.92 Å². The molecule has 1 saturated carbocycles. The molecule has 3 unspecified atom stereocenters. The normalized spacial score (nSPS) is 26.7. The zero-order chi connectivity index (χ0) is 14.5. The molecule has 3 atom stereocenters. The summed E-state index contributed by atoms with van der Waals surface area (Å²) >= 11 is 0. The highest BCUT2D eigenvalue weighted by atomic mass is 19.4. The van der Waals surface area contributed by atoms with Crippen molar-refractivity contribution in [3.8, 4) is 0 Å². The summed E-state index contributed by atoms with van der Waals surface area (Å²) in [6.45, 7) is 2.71. The van der Waals surface area contributed by atoms with E-state index in [-0.39, 0.29) is 12.5 Å². The van der Waals surface area contributed by atoms with E-state index < -0.39 is 12.6 Å². The van der Waals surface area contributed by atoms with Crippen LogP contribution in [0.25, 0.3) is 0 Å². The first-order valence-electron chi connectivity index (χ1n) is 7.34. The van der Waals surface area contributed by atoms with E-state index in [1.807, 2.05) is 14.0 Å². The molecule has 0 radical (unpaired) electrons. The lowest BCUT2D eigenvalue weighted by molar-refractivity contribution is -0.136. The Bertz CT molecular complexity index is 256. The van der Waals surface area contributed by atoms with Gasteiger partial charge < -0.3 is 10.6 Å². The molecule has 2 N–H and O–H groups in total. The molecule has 2 nitrogen and oxygen atoms in total. The molecule has 19 heavy (non-hydrogen) atoms. The fraction of sp³-hybridized carbons (Fsp3) is 1.00. The van der Waals surface area contributed by atoms with Gasteiger partial charge in [-0.15, -0.1) is 0 Å². The quantitative estimate of drug-likeness (QED) is 0.806. The highest BCUT2D eigenvalue weighted by Gasteiger charge is 2.30. The summed E-state index contributed by atoms with van der Waals surface area (Å²) in [6, 6.07) is 0.638. The zero-order valence-corrected chi connectivity index (χ0v) is 12.0. The fourth-order valence-electron chi connectivity index (χ4n) is 3.13. The van der Waals surface area contributed by atoms with Crippen molar-refractivity contribution in [2.45, 2.75) is 70.1 Å². The lowest BCUT2D eigenvalue weighted by atomic mass is 9.83. The Balaban J connectivity index is 2.39. The molecule has 1 rings (SSSR count). The predicted octanol–water partition coefficient (Wildman–Crippen LogP) is 3.56. The number of nitrogens with two attached hydrogens (primary N) is 1. The van der Waals surface area contributed by atoms with Crippen molar-refractivity contribution >= 4 is 0 Å². The summed E-state index contributed by atoms with van der Waals surface area (Å²) in [5.74, 6) is 0.504. The van der Waals surface area contributed by atoms with Crippen LogP contribution in [0.1, 0.15) is 51.9 Å². The summed E-state index contributed by atoms with van der Waals surface area (Å²) in [6.07, 6.45) is 0.843. The van der Waals surface area contributed by atoms with Crippen LogP contribution in [0.3, 0.4) is 0 Å². The second-order valence-corrected chi connectivity index (χ2v) is 5.87. The summed E-state index contributed by atoms with van der Waals surface area (Å²) in [5.41, 5.74) is 5.81. The molecular weight excluding hydrogens is 253 g/mol. The van der Waals surface area contributed by atoms with E-state index in [1.165, 1.54) is 12.8 Å². The van der Waals surface area contributed by atoms with Crippen molar-refractivity contribution < 1.29 is 13.2 Å². The number of halogens is 3. The Kier molecular flexibility index (Phi) is 6.60. The molecule has 0 bridgehead atoms. The van der Waals surface area contributed by atoms with Gasteiger partial charge in [0, 0.05) is 18.5 Å². The Morgan fingerprint density at radius 2 is 1.89 bits per heavy atom. The maximum absolute atomic E-state index is 12.1. The third kappa shape index (κ3) is 5.69. The average Bonchev–Trinajstić information content (AvgIpc) is 2.36. The number of nitrogens with zero attached hydrogens (tertiary/aromatic N) is 1. The lowest BCUT2D eigenvalue weighted by Crippen LogP contribution is -2.46. The molecule has 0 aliphatic heterocycles. The molecule has 0 spiro atoms.